The SMILES string of the molecule is Cl.O=C(NC1CC2CCC(C1)N2)C1(c2cccc(Br)c2)CCCCC1. The number of piperidine rings is 1. The third-order valence-electron chi connectivity index (χ3n) is 6.33. The van der Waals surface area contributed by atoms with Crippen molar-refractivity contribution < 1.29 is 4.79 Å². The fraction of sp³-hybridized carbons (Fsp3) is 0.650. The van der Waals surface area contributed by atoms with Gasteiger partial charge in [-0.1, -0.05) is 47.3 Å². The summed E-state index contributed by atoms with van der Waals surface area (Å²) in [5.41, 5.74) is 0.859. The van der Waals surface area contributed by atoms with Gasteiger partial charge >= 0.3 is 0 Å². The zero-order chi connectivity index (χ0) is 16.6. The van der Waals surface area contributed by atoms with Crippen molar-refractivity contribution in [2.45, 2.75) is 81.3 Å². The molecule has 2 aliphatic heterocycles. The minimum Gasteiger partial charge on any atom is -0.352 e. The topological polar surface area (TPSA) is 41.1 Å². The first kappa shape index (κ1) is 19.2. The number of rotatable bonds is 3. The molecular weight excluding hydrogens is 400 g/mol. The van der Waals surface area contributed by atoms with Crippen molar-refractivity contribution in [3.8, 4) is 0 Å². The molecule has 5 heteroatoms. The van der Waals surface area contributed by atoms with Crippen molar-refractivity contribution in [3.05, 3.63) is 34.3 Å². The van der Waals surface area contributed by atoms with Crippen molar-refractivity contribution in [3.63, 3.8) is 0 Å². The van der Waals surface area contributed by atoms with E-state index in [1.54, 1.807) is 0 Å². The summed E-state index contributed by atoms with van der Waals surface area (Å²) in [6.07, 6.45) is 10.2. The van der Waals surface area contributed by atoms with Gasteiger partial charge < -0.3 is 10.6 Å². The van der Waals surface area contributed by atoms with Crippen LogP contribution in [0.25, 0.3) is 0 Å². The van der Waals surface area contributed by atoms with E-state index in [9.17, 15) is 4.79 Å². The van der Waals surface area contributed by atoms with E-state index in [1.165, 1.54) is 24.8 Å². The summed E-state index contributed by atoms with van der Waals surface area (Å²) in [6, 6.07) is 9.97. The van der Waals surface area contributed by atoms with Gasteiger partial charge in [0.2, 0.25) is 5.91 Å². The maximum atomic E-state index is 13.4. The Hall–Kier alpha value is -0.580. The molecule has 4 rings (SSSR count). The molecule has 1 aliphatic carbocycles. The van der Waals surface area contributed by atoms with Crippen molar-refractivity contribution in [2.75, 3.05) is 0 Å². The van der Waals surface area contributed by atoms with Gasteiger partial charge in [-0.05, 0) is 56.2 Å². The maximum absolute atomic E-state index is 13.4. The highest BCUT2D eigenvalue weighted by Crippen LogP contribution is 2.41. The van der Waals surface area contributed by atoms with Crippen LogP contribution in [-0.2, 0) is 10.2 Å². The van der Waals surface area contributed by atoms with E-state index in [0.29, 0.717) is 18.1 Å². The Morgan fingerprint density at radius 3 is 2.44 bits per heavy atom. The van der Waals surface area contributed by atoms with Crippen LogP contribution in [0.2, 0.25) is 0 Å². The molecule has 3 fully saturated rings. The third kappa shape index (κ3) is 3.91. The van der Waals surface area contributed by atoms with Crippen LogP contribution in [0.5, 0.6) is 0 Å². The Bertz CT molecular complexity index is 605. The Balaban J connectivity index is 0.00000182. The van der Waals surface area contributed by atoms with E-state index in [-0.39, 0.29) is 23.7 Å². The van der Waals surface area contributed by atoms with Crippen molar-refractivity contribution in [2.24, 2.45) is 0 Å². The van der Waals surface area contributed by atoms with E-state index >= 15 is 0 Å². The number of halogens is 2. The molecule has 2 N–H and O–H groups in total. The fourth-order valence-corrected chi connectivity index (χ4v) is 5.49. The molecule has 2 heterocycles. The average molecular weight is 428 g/mol. The second kappa shape index (κ2) is 7.98. The summed E-state index contributed by atoms with van der Waals surface area (Å²) in [5.74, 6) is 0.270. The normalized spacial score (nSPS) is 30.4. The lowest BCUT2D eigenvalue weighted by Crippen LogP contribution is -2.53. The number of fused-ring (bicyclic) bond motifs is 2. The maximum Gasteiger partial charge on any atom is 0.230 e. The van der Waals surface area contributed by atoms with E-state index < -0.39 is 0 Å². The highest BCUT2D eigenvalue weighted by molar-refractivity contribution is 9.10. The first-order chi connectivity index (χ1) is 11.7. The van der Waals surface area contributed by atoms with E-state index in [1.807, 2.05) is 6.07 Å². The molecule has 2 saturated heterocycles. The summed E-state index contributed by atoms with van der Waals surface area (Å²) >= 11 is 3.58. The van der Waals surface area contributed by atoms with Crippen molar-refractivity contribution >= 4 is 34.2 Å². The lowest BCUT2D eigenvalue weighted by Gasteiger charge is -2.39. The number of amides is 1. The second-order valence-corrected chi connectivity index (χ2v) is 8.85. The molecule has 2 unspecified atom stereocenters. The van der Waals surface area contributed by atoms with Crippen LogP contribution < -0.4 is 10.6 Å². The summed E-state index contributed by atoms with van der Waals surface area (Å²) in [7, 11) is 0. The smallest absolute Gasteiger partial charge is 0.230 e. The molecule has 1 amide bonds. The largest absolute Gasteiger partial charge is 0.352 e. The molecule has 2 bridgehead atoms. The van der Waals surface area contributed by atoms with E-state index in [4.69, 9.17) is 0 Å². The van der Waals surface area contributed by atoms with Crippen LogP contribution in [0.15, 0.2) is 28.7 Å². The molecule has 1 saturated carbocycles. The zero-order valence-electron chi connectivity index (χ0n) is 14.6. The number of nitrogens with one attached hydrogen (secondary N) is 2. The summed E-state index contributed by atoms with van der Waals surface area (Å²) in [5, 5.41) is 7.12. The number of carbonyl (C=O) groups is 1. The monoisotopic (exact) mass is 426 g/mol. The fourth-order valence-electron chi connectivity index (χ4n) is 5.09. The van der Waals surface area contributed by atoms with Crippen LogP contribution in [-0.4, -0.2) is 24.0 Å². The van der Waals surface area contributed by atoms with Gasteiger partial charge in [-0.15, -0.1) is 12.4 Å². The Morgan fingerprint density at radius 1 is 1.12 bits per heavy atom. The number of hydrogen-bond acceptors (Lipinski definition) is 2. The standard InChI is InChI=1S/C20H27BrN2O.ClH/c21-15-6-4-5-14(11-15)20(9-2-1-3-10-20)19(24)23-18-12-16-7-8-17(13-18)22-16;/h4-6,11,16-18,22H,1-3,7-10,12-13H2,(H,23,24);1H. The molecule has 3 nitrogen and oxygen atoms in total. The molecule has 1 aromatic rings. The van der Waals surface area contributed by atoms with Crippen LogP contribution in [0.3, 0.4) is 0 Å². The van der Waals surface area contributed by atoms with Crippen LogP contribution in [0.4, 0.5) is 0 Å². The first-order valence-electron chi connectivity index (χ1n) is 9.49. The summed E-state index contributed by atoms with van der Waals surface area (Å²) in [6.45, 7) is 0. The van der Waals surface area contributed by atoms with Crippen LogP contribution in [0.1, 0.15) is 63.4 Å². The van der Waals surface area contributed by atoms with Crippen molar-refractivity contribution in [1.29, 1.82) is 0 Å². The third-order valence-corrected chi connectivity index (χ3v) is 6.82. The lowest BCUT2D eigenvalue weighted by atomic mass is 9.68. The quantitative estimate of drug-likeness (QED) is 0.747. The molecule has 138 valence electrons. The van der Waals surface area contributed by atoms with Gasteiger partial charge in [0.1, 0.15) is 0 Å². The molecule has 3 aliphatic rings. The Labute approximate surface area is 165 Å². The molecule has 0 radical (unpaired) electrons. The van der Waals surface area contributed by atoms with Crippen LogP contribution in [0, 0.1) is 0 Å². The predicted molar refractivity (Wildman–Crippen MR) is 107 cm³/mol. The zero-order valence-corrected chi connectivity index (χ0v) is 17.0. The summed E-state index contributed by atoms with van der Waals surface area (Å²) in [4.78, 5) is 13.4. The molecule has 0 spiro atoms. The van der Waals surface area contributed by atoms with Gasteiger partial charge in [0.25, 0.3) is 0 Å². The molecule has 0 aromatic heterocycles. The number of carbonyl (C=O) groups excluding carboxylic acids is 1. The van der Waals surface area contributed by atoms with E-state index in [0.717, 1.165) is 43.0 Å². The van der Waals surface area contributed by atoms with Gasteiger partial charge in [-0.3, -0.25) is 4.79 Å². The Morgan fingerprint density at radius 2 is 1.80 bits per heavy atom. The van der Waals surface area contributed by atoms with Gasteiger partial charge in [0, 0.05) is 22.6 Å². The second-order valence-electron chi connectivity index (χ2n) is 7.93. The number of hydrogen-bond donors (Lipinski definition) is 2. The number of benzene rings is 1. The first-order valence-corrected chi connectivity index (χ1v) is 10.3. The minimum absolute atomic E-state index is 0. The highest BCUT2D eigenvalue weighted by Gasteiger charge is 2.43. The molecule has 1 aromatic carbocycles. The minimum atomic E-state index is -0.327. The molecular formula is C20H28BrClN2O. The van der Waals surface area contributed by atoms with Crippen molar-refractivity contribution in [1.82, 2.24) is 10.6 Å². The van der Waals surface area contributed by atoms with Gasteiger partial charge in [0.05, 0.1) is 5.41 Å². The Kier molecular flexibility index (Phi) is 6.12. The summed E-state index contributed by atoms with van der Waals surface area (Å²) < 4.78 is 1.07. The predicted octanol–water partition coefficient (Wildman–Crippen LogP) is 4.47. The highest BCUT2D eigenvalue weighted by atomic mass is 79.9. The van der Waals surface area contributed by atoms with E-state index in [2.05, 4.69) is 44.8 Å². The van der Waals surface area contributed by atoms with Gasteiger partial charge in [-0.2, -0.15) is 0 Å². The molecule has 2 atom stereocenters. The molecule has 25 heavy (non-hydrogen) atoms. The lowest BCUT2D eigenvalue weighted by molar-refractivity contribution is -0.129. The van der Waals surface area contributed by atoms with Gasteiger partial charge in [0.15, 0.2) is 0 Å². The van der Waals surface area contributed by atoms with Gasteiger partial charge in [-0.25, -0.2) is 0 Å². The average Bonchev–Trinajstić information content (AvgIpc) is 2.94. The van der Waals surface area contributed by atoms with Crippen LogP contribution >= 0.6 is 28.3 Å².